The van der Waals surface area contributed by atoms with Gasteiger partial charge < -0.3 is 5.32 Å². The molecule has 1 aliphatic rings. The normalized spacial score (nSPS) is 19.1. The number of hydrogen-bond acceptors (Lipinski definition) is 3. The Morgan fingerprint density at radius 1 is 1.26 bits per heavy atom. The Labute approximate surface area is 116 Å². The lowest BCUT2D eigenvalue weighted by atomic mass is 9.83. The molecule has 1 atom stereocenters. The molecule has 0 saturated heterocycles. The van der Waals surface area contributed by atoms with Gasteiger partial charge in [0, 0.05) is 19.0 Å². The number of nitrogens with one attached hydrogen (secondary N) is 2. The molecule has 1 aliphatic carbocycles. The van der Waals surface area contributed by atoms with Gasteiger partial charge in [-0.2, -0.15) is 0 Å². The van der Waals surface area contributed by atoms with Gasteiger partial charge >= 0.3 is 0 Å². The van der Waals surface area contributed by atoms with Crippen LogP contribution in [0.5, 0.6) is 0 Å². The molecule has 1 amide bonds. The quantitative estimate of drug-likeness (QED) is 0.744. The summed E-state index contributed by atoms with van der Waals surface area (Å²) in [6.45, 7) is 2.26. The fourth-order valence-electron chi connectivity index (χ4n) is 2.72. The van der Waals surface area contributed by atoms with Crippen LogP contribution in [-0.4, -0.2) is 33.2 Å². The zero-order valence-corrected chi connectivity index (χ0v) is 12.8. The maximum absolute atomic E-state index is 11.8. The van der Waals surface area contributed by atoms with E-state index in [-0.39, 0.29) is 24.9 Å². The summed E-state index contributed by atoms with van der Waals surface area (Å²) < 4.78 is 24.1. The molecule has 0 heterocycles. The minimum Gasteiger partial charge on any atom is -0.353 e. The van der Waals surface area contributed by atoms with Gasteiger partial charge in [-0.25, -0.2) is 13.1 Å². The third kappa shape index (κ3) is 6.92. The van der Waals surface area contributed by atoms with Gasteiger partial charge in [0.15, 0.2) is 0 Å². The van der Waals surface area contributed by atoms with Crippen molar-refractivity contribution < 1.29 is 13.2 Å². The fourth-order valence-corrected chi connectivity index (χ4v) is 3.19. The third-order valence-corrected chi connectivity index (χ3v) is 4.45. The Kier molecular flexibility index (Phi) is 6.79. The van der Waals surface area contributed by atoms with E-state index < -0.39 is 10.0 Å². The van der Waals surface area contributed by atoms with Gasteiger partial charge in [-0.1, -0.05) is 26.2 Å². The van der Waals surface area contributed by atoms with Crippen molar-refractivity contribution in [1.29, 1.82) is 0 Å². The van der Waals surface area contributed by atoms with Crippen LogP contribution in [0.15, 0.2) is 0 Å². The van der Waals surface area contributed by atoms with Crippen molar-refractivity contribution in [2.24, 2.45) is 5.92 Å². The first-order valence-corrected chi connectivity index (χ1v) is 9.05. The van der Waals surface area contributed by atoms with Crippen LogP contribution >= 0.6 is 0 Å². The standard InChI is InChI=1S/C13H26N2O3S/c1-3-12(11-7-5-4-6-8-11)15-13(16)9-10-14-19(2,17)18/h11-12,14H,3-10H2,1-2H3,(H,15,16)/t12-/m0/s1. The molecule has 0 radical (unpaired) electrons. The Morgan fingerprint density at radius 2 is 1.89 bits per heavy atom. The van der Waals surface area contributed by atoms with E-state index in [2.05, 4.69) is 17.0 Å². The number of hydrogen-bond donors (Lipinski definition) is 2. The Balaban J connectivity index is 2.32. The molecule has 0 spiro atoms. The topological polar surface area (TPSA) is 75.3 Å². The van der Waals surface area contributed by atoms with Gasteiger partial charge in [0.05, 0.1) is 6.26 Å². The van der Waals surface area contributed by atoms with E-state index in [9.17, 15) is 13.2 Å². The maximum atomic E-state index is 11.8. The van der Waals surface area contributed by atoms with E-state index in [4.69, 9.17) is 0 Å². The van der Waals surface area contributed by atoms with E-state index in [1.807, 2.05) is 0 Å². The Morgan fingerprint density at radius 3 is 2.42 bits per heavy atom. The Hall–Kier alpha value is -0.620. The highest BCUT2D eigenvalue weighted by atomic mass is 32.2. The molecule has 0 aromatic carbocycles. The largest absolute Gasteiger partial charge is 0.353 e. The number of carbonyl (C=O) groups is 1. The third-order valence-electron chi connectivity index (χ3n) is 3.72. The molecule has 5 nitrogen and oxygen atoms in total. The van der Waals surface area contributed by atoms with Crippen molar-refractivity contribution in [3.63, 3.8) is 0 Å². The van der Waals surface area contributed by atoms with Crippen LogP contribution in [0.25, 0.3) is 0 Å². The highest BCUT2D eigenvalue weighted by molar-refractivity contribution is 7.88. The average molecular weight is 290 g/mol. The second kappa shape index (κ2) is 7.85. The molecule has 0 bridgehead atoms. The van der Waals surface area contributed by atoms with Gasteiger partial charge in [-0.05, 0) is 25.2 Å². The molecule has 6 heteroatoms. The lowest BCUT2D eigenvalue weighted by molar-refractivity contribution is -0.122. The van der Waals surface area contributed by atoms with E-state index >= 15 is 0 Å². The zero-order valence-electron chi connectivity index (χ0n) is 11.9. The second-order valence-electron chi connectivity index (χ2n) is 5.40. The van der Waals surface area contributed by atoms with Gasteiger partial charge in [-0.15, -0.1) is 0 Å². The minimum absolute atomic E-state index is 0.0615. The zero-order chi connectivity index (χ0) is 14.3. The molecule has 1 rings (SSSR count). The smallest absolute Gasteiger partial charge is 0.221 e. The average Bonchev–Trinajstić information content (AvgIpc) is 2.35. The summed E-state index contributed by atoms with van der Waals surface area (Å²) >= 11 is 0. The van der Waals surface area contributed by atoms with Crippen molar-refractivity contribution in [1.82, 2.24) is 10.0 Å². The molecule has 0 aromatic rings. The summed E-state index contributed by atoms with van der Waals surface area (Å²) in [6, 6.07) is 0.242. The fraction of sp³-hybridized carbons (Fsp3) is 0.923. The number of sulfonamides is 1. The van der Waals surface area contributed by atoms with E-state index in [1.165, 1.54) is 32.1 Å². The monoisotopic (exact) mass is 290 g/mol. The van der Waals surface area contributed by atoms with E-state index in [0.717, 1.165) is 12.7 Å². The molecular formula is C13H26N2O3S. The predicted molar refractivity (Wildman–Crippen MR) is 76.3 cm³/mol. The van der Waals surface area contributed by atoms with Gasteiger partial charge in [0.1, 0.15) is 0 Å². The van der Waals surface area contributed by atoms with Crippen LogP contribution in [0.3, 0.4) is 0 Å². The molecule has 1 fully saturated rings. The lowest BCUT2D eigenvalue weighted by Gasteiger charge is -2.30. The minimum atomic E-state index is -3.20. The van der Waals surface area contributed by atoms with Crippen LogP contribution in [0.4, 0.5) is 0 Å². The van der Waals surface area contributed by atoms with Crippen molar-refractivity contribution in [2.75, 3.05) is 12.8 Å². The molecule has 1 saturated carbocycles. The second-order valence-corrected chi connectivity index (χ2v) is 7.23. The van der Waals surface area contributed by atoms with Crippen molar-refractivity contribution in [3.05, 3.63) is 0 Å². The van der Waals surface area contributed by atoms with Crippen LogP contribution in [0.2, 0.25) is 0 Å². The first-order valence-electron chi connectivity index (χ1n) is 7.16. The summed E-state index contributed by atoms with van der Waals surface area (Å²) in [5, 5.41) is 3.05. The van der Waals surface area contributed by atoms with Gasteiger partial charge in [-0.3, -0.25) is 4.79 Å². The maximum Gasteiger partial charge on any atom is 0.221 e. The molecule has 2 N–H and O–H groups in total. The van der Waals surface area contributed by atoms with Crippen molar-refractivity contribution in [3.8, 4) is 0 Å². The van der Waals surface area contributed by atoms with E-state index in [1.54, 1.807) is 0 Å². The van der Waals surface area contributed by atoms with Crippen molar-refractivity contribution >= 4 is 15.9 Å². The number of rotatable bonds is 7. The molecule has 0 aliphatic heterocycles. The van der Waals surface area contributed by atoms with Crippen LogP contribution in [0.1, 0.15) is 51.9 Å². The summed E-state index contributed by atoms with van der Waals surface area (Å²) in [6.07, 6.45) is 8.45. The van der Waals surface area contributed by atoms with Crippen molar-refractivity contribution in [2.45, 2.75) is 57.9 Å². The van der Waals surface area contributed by atoms with Gasteiger partial charge in [0.25, 0.3) is 0 Å². The summed E-state index contributed by atoms with van der Waals surface area (Å²) in [7, 11) is -3.20. The van der Waals surface area contributed by atoms with E-state index in [0.29, 0.717) is 5.92 Å². The number of amides is 1. The SMILES string of the molecule is CC[C@H](NC(=O)CCNS(C)(=O)=O)C1CCCCC1. The molecule has 19 heavy (non-hydrogen) atoms. The van der Waals surface area contributed by atoms with Gasteiger partial charge in [0.2, 0.25) is 15.9 Å². The molecule has 112 valence electrons. The molecular weight excluding hydrogens is 264 g/mol. The van der Waals surface area contributed by atoms with Crippen LogP contribution in [0, 0.1) is 5.92 Å². The number of carbonyl (C=O) groups excluding carboxylic acids is 1. The first-order chi connectivity index (χ1) is 8.92. The highest BCUT2D eigenvalue weighted by Crippen LogP contribution is 2.27. The molecule has 0 aromatic heterocycles. The summed E-state index contributed by atoms with van der Waals surface area (Å²) in [5.41, 5.74) is 0. The summed E-state index contributed by atoms with van der Waals surface area (Å²) in [4.78, 5) is 11.8. The van der Waals surface area contributed by atoms with Crippen LogP contribution in [-0.2, 0) is 14.8 Å². The highest BCUT2D eigenvalue weighted by Gasteiger charge is 2.23. The summed E-state index contributed by atoms with van der Waals surface area (Å²) in [5.74, 6) is 0.527. The Bertz CT molecular complexity index is 375. The predicted octanol–water partition coefficient (Wildman–Crippen LogP) is 1.40. The first kappa shape index (κ1) is 16.4. The van der Waals surface area contributed by atoms with Crippen LogP contribution < -0.4 is 10.0 Å². The molecule has 0 unspecified atom stereocenters. The lowest BCUT2D eigenvalue weighted by Crippen LogP contribution is -2.41.